The quantitative estimate of drug-likeness (QED) is 0.511. The minimum atomic E-state index is -0.615. The number of ether oxygens (including phenoxy) is 1. The minimum Gasteiger partial charge on any atom is -0.393 e. The van der Waals surface area contributed by atoms with Gasteiger partial charge in [-0.15, -0.1) is 0 Å². The van der Waals surface area contributed by atoms with Crippen LogP contribution in [0.4, 0.5) is 0 Å². The molecule has 1 heterocycles. The zero-order valence-corrected chi connectivity index (χ0v) is 18.9. The fourth-order valence-corrected chi connectivity index (χ4v) is 6.40. The van der Waals surface area contributed by atoms with Crippen molar-refractivity contribution in [3.63, 3.8) is 0 Å². The average molecular weight is 411 g/mol. The van der Waals surface area contributed by atoms with E-state index in [1.165, 1.54) is 25.7 Å². The monoisotopic (exact) mass is 410 g/mol. The Bertz CT molecular complexity index is 806. The van der Waals surface area contributed by atoms with Crippen LogP contribution in [0.5, 0.6) is 0 Å². The van der Waals surface area contributed by atoms with E-state index in [4.69, 9.17) is 4.74 Å². The van der Waals surface area contributed by atoms with Gasteiger partial charge in [-0.2, -0.15) is 0 Å². The molecule has 0 bridgehead atoms. The third-order valence-electron chi connectivity index (χ3n) is 8.34. The van der Waals surface area contributed by atoms with Gasteiger partial charge in [0.2, 0.25) is 0 Å². The minimum absolute atomic E-state index is 0.166. The average Bonchev–Trinajstić information content (AvgIpc) is 3.30. The second-order valence-corrected chi connectivity index (χ2v) is 10.7. The summed E-state index contributed by atoms with van der Waals surface area (Å²) in [5.41, 5.74) is 3.53. The first-order chi connectivity index (χ1) is 14.2. The first-order valence-corrected chi connectivity index (χ1v) is 11.8. The molecule has 0 aromatic heterocycles. The van der Waals surface area contributed by atoms with Gasteiger partial charge < -0.3 is 14.9 Å². The number of hydrogen-bond donors (Lipinski definition) is 2. The molecule has 4 rings (SSSR count). The van der Waals surface area contributed by atoms with Gasteiger partial charge in [0.15, 0.2) is 0 Å². The molecule has 1 saturated heterocycles. The molecule has 1 unspecified atom stereocenters. The molecule has 0 radical (unpaired) electrons. The summed E-state index contributed by atoms with van der Waals surface area (Å²) in [5, 5.41) is 20.2. The number of aliphatic hydroxyl groups excluding tert-OH is 2. The summed E-state index contributed by atoms with van der Waals surface area (Å²) in [6.07, 6.45) is 11.6. The fourth-order valence-electron chi connectivity index (χ4n) is 6.40. The molecule has 3 saturated carbocycles. The Morgan fingerprint density at radius 3 is 2.77 bits per heavy atom. The molecule has 0 aromatic rings. The topological polar surface area (TPSA) is 53.0 Å². The van der Waals surface area contributed by atoms with Crippen LogP contribution in [-0.2, 0) is 4.74 Å². The van der Waals surface area contributed by atoms with Crippen LogP contribution in [0.2, 0.25) is 0 Å². The van der Waals surface area contributed by atoms with E-state index in [0.29, 0.717) is 30.1 Å². The third-order valence-corrected chi connectivity index (χ3v) is 8.34. The third kappa shape index (κ3) is 4.33. The van der Waals surface area contributed by atoms with Crippen LogP contribution in [0.15, 0.2) is 35.5 Å². The van der Waals surface area contributed by atoms with Crippen LogP contribution in [0, 0.1) is 35.0 Å². The molecule has 0 aromatic carbocycles. The Hall–Kier alpha value is -1.34. The Labute approximate surface area is 182 Å². The van der Waals surface area contributed by atoms with Crippen LogP contribution >= 0.6 is 0 Å². The van der Waals surface area contributed by atoms with Crippen LogP contribution in [0.25, 0.3) is 0 Å². The summed E-state index contributed by atoms with van der Waals surface area (Å²) in [6, 6.07) is 0. The van der Waals surface area contributed by atoms with Crippen molar-refractivity contribution in [1.29, 1.82) is 0 Å². The van der Waals surface area contributed by atoms with E-state index in [9.17, 15) is 10.2 Å². The van der Waals surface area contributed by atoms with Gasteiger partial charge in [0.25, 0.3) is 0 Å². The molecule has 2 N–H and O–H groups in total. The van der Waals surface area contributed by atoms with Crippen molar-refractivity contribution in [2.45, 2.75) is 89.9 Å². The second-order valence-electron chi connectivity index (χ2n) is 10.7. The van der Waals surface area contributed by atoms with Gasteiger partial charge in [0.05, 0.1) is 18.8 Å². The fraction of sp³-hybridized carbons (Fsp3) is 0.704. The van der Waals surface area contributed by atoms with E-state index in [1.807, 2.05) is 0 Å². The van der Waals surface area contributed by atoms with Gasteiger partial charge in [-0.25, -0.2) is 0 Å². The molecule has 30 heavy (non-hydrogen) atoms. The molecule has 3 nitrogen and oxygen atoms in total. The normalized spacial score (nSPS) is 44.5. The van der Waals surface area contributed by atoms with E-state index < -0.39 is 12.2 Å². The number of allylic oxidation sites excluding steroid dienone is 3. The Kier molecular flexibility index (Phi) is 6.05. The highest BCUT2D eigenvalue weighted by Crippen LogP contribution is 2.59. The SMILES string of the molecule is C=C1/C(=C/C=C2/CCC[C@]3(C)[C@@H]([C@H](C)CC#CC4(C)CO4)CC[C@@H]23)C[C@@H](O)C[C@@H]1O. The number of hydrogen-bond acceptors (Lipinski definition) is 3. The Morgan fingerprint density at radius 2 is 2.03 bits per heavy atom. The van der Waals surface area contributed by atoms with Crippen molar-refractivity contribution < 1.29 is 14.9 Å². The highest BCUT2D eigenvalue weighted by atomic mass is 16.6. The zero-order valence-electron chi connectivity index (χ0n) is 18.9. The number of aliphatic hydroxyl groups is 2. The van der Waals surface area contributed by atoms with Gasteiger partial charge in [-0.1, -0.05) is 50.0 Å². The summed E-state index contributed by atoms with van der Waals surface area (Å²) in [7, 11) is 0. The summed E-state index contributed by atoms with van der Waals surface area (Å²) in [5.74, 6) is 8.68. The van der Waals surface area contributed by atoms with Crippen LogP contribution < -0.4 is 0 Å². The molecular formula is C27H38O3. The maximum Gasteiger partial charge on any atom is 0.149 e. The van der Waals surface area contributed by atoms with E-state index >= 15 is 0 Å². The molecule has 3 heteroatoms. The Morgan fingerprint density at radius 1 is 1.27 bits per heavy atom. The molecule has 0 spiro atoms. The molecule has 4 aliphatic rings. The van der Waals surface area contributed by atoms with Gasteiger partial charge in [-0.05, 0) is 79.8 Å². The molecular weight excluding hydrogens is 372 g/mol. The largest absolute Gasteiger partial charge is 0.393 e. The molecule has 7 atom stereocenters. The molecule has 1 aliphatic heterocycles. The molecule has 164 valence electrons. The van der Waals surface area contributed by atoms with Gasteiger partial charge in [0.1, 0.15) is 5.60 Å². The summed E-state index contributed by atoms with van der Waals surface area (Å²) >= 11 is 0. The second kappa shape index (κ2) is 8.30. The maximum absolute atomic E-state index is 10.1. The van der Waals surface area contributed by atoms with Crippen molar-refractivity contribution in [3.05, 3.63) is 35.5 Å². The number of epoxide rings is 1. The predicted octanol–water partition coefficient (Wildman–Crippen LogP) is 4.95. The lowest BCUT2D eigenvalue weighted by molar-refractivity contribution is 0.0862. The summed E-state index contributed by atoms with van der Waals surface area (Å²) in [4.78, 5) is 0. The van der Waals surface area contributed by atoms with Gasteiger partial charge in [0, 0.05) is 12.8 Å². The highest BCUT2D eigenvalue weighted by molar-refractivity contribution is 5.38. The zero-order chi connectivity index (χ0) is 21.5. The van der Waals surface area contributed by atoms with Crippen molar-refractivity contribution >= 4 is 0 Å². The predicted molar refractivity (Wildman–Crippen MR) is 121 cm³/mol. The molecule has 3 aliphatic carbocycles. The summed E-state index contributed by atoms with van der Waals surface area (Å²) < 4.78 is 5.40. The van der Waals surface area contributed by atoms with E-state index in [1.54, 1.807) is 5.57 Å². The van der Waals surface area contributed by atoms with E-state index in [2.05, 4.69) is 51.3 Å². The highest BCUT2D eigenvalue weighted by Gasteiger charge is 2.50. The molecule has 4 fully saturated rings. The van der Waals surface area contributed by atoms with E-state index in [-0.39, 0.29) is 5.60 Å². The Balaban J connectivity index is 1.48. The van der Waals surface area contributed by atoms with Crippen LogP contribution in [0.1, 0.15) is 72.1 Å². The molecule has 0 amide bonds. The lowest BCUT2D eigenvalue weighted by Crippen LogP contribution is -2.35. The standard InChI is InChI=1S/C27H38O3/c1-18(7-5-13-26(3)17-30-26)23-11-12-24-20(8-6-14-27(23,24)4)9-10-21-15-22(28)16-25(29)19(21)2/h9-10,18,22-25,28-29H,2,6-8,11-12,14-17H2,1,3-4H3/b20-9-,21-10+/t18-,22-,23-,24+,25+,26?,27-/m1/s1. The maximum atomic E-state index is 10.1. The van der Waals surface area contributed by atoms with Crippen molar-refractivity contribution in [2.24, 2.45) is 23.2 Å². The lowest BCUT2D eigenvalue weighted by atomic mass is 9.61. The first kappa shape index (κ1) is 21.9. The van der Waals surface area contributed by atoms with Crippen molar-refractivity contribution in [3.8, 4) is 11.8 Å². The van der Waals surface area contributed by atoms with Crippen molar-refractivity contribution in [2.75, 3.05) is 6.61 Å². The number of rotatable bonds is 3. The summed E-state index contributed by atoms with van der Waals surface area (Å²) in [6.45, 7) is 11.8. The van der Waals surface area contributed by atoms with Crippen LogP contribution in [-0.4, -0.2) is 34.6 Å². The van der Waals surface area contributed by atoms with Crippen LogP contribution in [0.3, 0.4) is 0 Å². The number of fused-ring (bicyclic) bond motifs is 1. The smallest absolute Gasteiger partial charge is 0.149 e. The van der Waals surface area contributed by atoms with Crippen molar-refractivity contribution in [1.82, 2.24) is 0 Å². The van der Waals surface area contributed by atoms with Gasteiger partial charge in [-0.3, -0.25) is 0 Å². The lowest BCUT2D eigenvalue weighted by Gasteiger charge is -2.44. The van der Waals surface area contributed by atoms with E-state index in [0.717, 1.165) is 36.5 Å². The first-order valence-electron chi connectivity index (χ1n) is 11.8. The van der Waals surface area contributed by atoms with Gasteiger partial charge >= 0.3 is 0 Å².